The Morgan fingerprint density at radius 3 is 2.94 bits per heavy atom. The lowest BCUT2D eigenvalue weighted by Crippen LogP contribution is -1.99. The Labute approximate surface area is 111 Å². The number of anilines is 1. The molecular formula is C13H15ClN2S. The van der Waals surface area contributed by atoms with E-state index in [1.165, 1.54) is 9.88 Å². The molecule has 2 rings (SSSR count). The van der Waals surface area contributed by atoms with Gasteiger partial charge in [0.25, 0.3) is 0 Å². The summed E-state index contributed by atoms with van der Waals surface area (Å²) in [5.74, 6) is 0. The van der Waals surface area contributed by atoms with Crippen molar-refractivity contribution in [2.45, 2.75) is 26.8 Å². The molecule has 2 aromatic rings. The van der Waals surface area contributed by atoms with E-state index in [1.807, 2.05) is 31.3 Å². The number of hydrogen-bond acceptors (Lipinski definition) is 3. The van der Waals surface area contributed by atoms with Gasteiger partial charge >= 0.3 is 0 Å². The average Bonchev–Trinajstić information content (AvgIpc) is 2.79. The van der Waals surface area contributed by atoms with Crippen molar-refractivity contribution in [3.05, 3.63) is 44.9 Å². The van der Waals surface area contributed by atoms with E-state index in [4.69, 9.17) is 11.6 Å². The van der Waals surface area contributed by atoms with Crippen molar-refractivity contribution in [1.82, 2.24) is 4.98 Å². The number of nitrogens with one attached hydrogen (secondary N) is 1. The molecule has 0 aliphatic carbocycles. The average molecular weight is 267 g/mol. The fourth-order valence-corrected chi connectivity index (χ4v) is 2.55. The second-order valence-corrected chi connectivity index (χ2v) is 5.45. The van der Waals surface area contributed by atoms with Crippen LogP contribution >= 0.6 is 22.9 Å². The first-order valence-corrected chi connectivity index (χ1v) is 6.82. The van der Waals surface area contributed by atoms with E-state index in [0.717, 1.165) is 29.2 Å². The highest BCUT2D eigenvalue weighted by Gasteiger charge is 2.03. The summed E-state index contributed by atoms with van der Waals surface area (Å²) in [6, 6.07) is 5.91. The molecule has 0 radical (unpaired) electrons. The van der Waals surface area contributed by atoms with Crippen molar-refractivity contribution in [1.29, 1.82) is 0 Å². The molecule has 1 heterocycles. The van der Waals surface area contributed by atoms with Gasteiger partial charge in [0, 0.05) is 21.8 Å². The molecule has 0 atom stereocenters. The predicted octanol–water partition coefficient (Wildman–Crippen LogP) is 4.28. The third-order valence-electron chi connectivity index (χ3n) is 2.62. The van der Waals surface area contributed by atoms with Gasteiger partial charge in [-0.1, -0.05) is 24.6 Å². The number of aromatic nitrogens is 1. The number of thiazole rings is 1. The zero-order valence-corrected chi connectivity index (χ0v) is 11.5. The standard InChI is InChI=1S/C13H15ClN2S/c1-3-13-16-8-10(17-13)7-15-12-6-4-5-11(14)9(12)2/h4-6,8,15H,3,7H2,1-2H3. The van der Waals surface area contributed by atoms with Crippen LogP contribution in [0.3, 0.4) is 0 Å². The van der Waals surface area contributed by atoms with Gasteiger partial charge in [0.05, 0.1) is 11.6 Å². The molecule has 0 amide bonds. The van der Waals surface area contributed by atoms with Crippen LogP contribution in [-0.4, -0.2) is 4.98 Å². The molecule has 1 aromatic carbocycles. The first-order valence-electron chi connectivity index (χ1n) is 5.63. The molecule has 0 aliphatic rings. The molecule has 0 saturated heterocycles. The minimum atomic E-state index is 0.800. The Kier molecular flexibility index (Phi) is 4.02. The van der Waals surface area contributed by atoms with Crippen LogP contribution in [-0.2, 0) is 13.0 Å². The Morgan fingerprint density at radius 2 is 2.24 bits per heavy atom. The molecule has 17 heavy (non-hydrogen) atoms. The highest BCUT2D eigenvalue weighted by atomic mass is 35.5. The predicted molar refractivity (Wildman–Crippen MR) is 75.0 cm³/mol. The monoisotopic (exact) mass is 266 g/mol. The molecule has 0 unspecified atom stereocenters. The number of aryl methyl sites for hydroxylation is 1. The van der Waals surface area contributed by atoms with E-state index < -0.39 is 0 Å². The van der Waals surface area contributed by atoms with Crippen LogP contribution < -0.4 is 5.32 Å². The molecule has 0 saturated carbocycles. The second-order valence-electron chi connectivity index (χ2n) is 3.84. The number of nitrogens with zero attached hydrogens (tertiary/aromatic N) is 1. The largest absolute Gasteiger partial charge is 0.380 e. The van der Waals surface area contributed by atoms with Crippen LogP contribution in [0.1, 0.15) is 22.4 Å². The molecule has 1 N–H and O–H groups in total. The van der Waals surface area contributed by atoms with Gasteiger partial charge in [-0.2, -0.15) is 0 Å². The quantitative estimate of drug-likeness (QED) is 0.893. The van der Waals surface area contributed by atoms with E-state index in [1.54, 1.807) is 11.3 Å². The van der Waals surface area contributed by atoms with E-state index in [0.29, 0.717) is 0 Å². The molecule has 2 nitrogen and oxygen atoms in total. The van der Waals surface area contributed by atoms with Gasteiger partial charge in [0.1, 0.15) is 0 Å². The maximum atomic E-state index is 6.07. The summed E-state index contributed by atoms with van der Waals surface area (Å²) in [5, 5.41) is 5.38. The smallest absolute Gasteiger partial charge is 0.0925 e. The molecule has 1 aromatic heterocycles. The first-order chi connectivity index (χ1) is 8.20. The third kappa shape index (κ3) is 2.99. The fourth-order valence-electron chi connectivity index (χ4n) is 1.57. The lowest BCUT2D eigenvalue weighted by molar-refractivity contribution is 1.09. The topological polar surface area (TPSA) is 24.9 Å². The molecule has 90 valence electrons. The van der Waals surface area contributed by atoms with Gasteiger partial charge in [-0.25, -0.2) is 4.98 Å². The number of rotatable bonds is 4. The molecule has 0 spiro atoms. The van der Waals surface area contributed by atoms with Gasteiger partial charge < -0.3 is 5.32 Å². The van der Waals surface area contributed by atoms with Crippen LogP contribution in [0, 0.1) is 6.92 Å². The van der Waals surface area contributed by atoms with Gasteiger partial charge in [0.15, 0.2) is 0 Å². The maximum absolute atomic E-state index is 6.07. The minimum absolute atomic E-state index is 0.800. The number of benzene rings is 1. The molecule has 0 aliphatic heterocycles. The van der Waals surface area contributed by atoms with Gasteiger partial charge in [-0.3, -0.25) is 0 Å². The summed E-state index contributed by atoms with van der Waals surface area (Å²) >= 11 is 7.83. The molecule has 0 bridgehead atoms. The van der Waals surface area contributed by atoms with Crippen molar-refractivity contribution in [2.24, 2.45) is 0 Å². The minimum Gasteiger partial charge on any atom is -0.380 e. The molecule has 4 heteroatoms. The number of halogens is 1. The maximum Gasteiger partial charge on any atom is 0.0925 e. The summed E-state index contributed by atoms with van der Waals surface area (Å²) < 4.78 is 0. The summed E-state index contributed by atoms with van der Waals surface area (Å²) in [4.78, 5) is 5.59. The van der Waals surface area contributed by atoms with Crippen molar-refractivity contribution >= 4 is 28.6 Å². The summed E-state index contributed by atoms with van der Waals surface area (Å²) in [6.45, 7) is 4.95. The van der Waals surface area contributed by atoms with Crippen LogP contribution in [0.4, 0.5) is 5.69 Å². The van der Waals surface area contributed by atoms with Crippen molar-refractivity contribution in [3.63, 3.8) is 0 Å². The fraction of sp³-hybridized carbons (Fsp3) is 0.308. The highest BCUT2D eigenvalue weighted by Crippen LogP contribution is 2.24. The Bertz CT molecular complexity index is 508. The van der Waals surface area contributed by atoms with Crippen molar-refractivity contribution in [3.8, 4) is 0 Å². The first kappa shape index (κ1) is 12.4. The lowest BCUT2D eigenvalue weighted by atomic mass is 10.2. The van der Waals surface area contributed by atoms with E-state index in [-0.39, 0.29) is 0 Å². The Balaban J connectivity index is 2.04. The van der Waals surface area contributed by atoms with Crippen LogP contribution in [0.25, 0.3) is 0 Å². The van der Waals surface area contributed by atoms with Crippen LogP contribution in [0.5, 0.6) is 0 Å². The van der Waals surface area contributed by atoms with Gasteiger partial charge in [-0.15, -0.1) is 11.3 Å². The second kappa shape index (κ2) is 5.52. The van der Waals surface area contributed by atoms with Crippen molar-refractivity contribution in [2.75, 3.05) is 5.32 Å². The normalized spacial score (nSPS) is 10.5. The zero-order chi connectivity index (χ0) is 12.3. The third-order valence-corrected chi connectivity index (χ3v) is 4.18. The van der Waals surface area contributed by atoms with E-state index >= 15 is 0 Å². The van der Waals surface area contributed by atoms with Crippen LogP contribution in [0.2, 0.25) is 5.02 Å². The Hall–Kier alpha value is -1.06. The van der Waals surface area contributed by atoms with Gasteiger partial charge in [-0.05, 0) is 31.0 Å². The summed E-state index contributed by atoms with van der Waals surface area (Å²) in [7, 11) is 0. The lowest BCUT2D eigenvalue weighted by Gasteiger charge is -2.09. The number of hydrogen-bond donors (Lipinski definition) is 1. The van der Waals surface area contributed by atoms with E-state index in [2.05, 4.69) is 17.2 Å². The van der Waals surface area contributed by atoms with E-state index in [9.17, 15) is 0 Å². The SMILES string of the molecule is CCc1ncc(CNc2cccc(Cl)c2C)s1. The summed E-state index contributed by atoms with van der Waals surface area (Å²) in [6.07, 6.45) is 2.94. The van der Waals surface area contributed by atoms with Gasteiger partial charge in [0.2, 0.25) is 0 Å². The van der Waals surface area contributed by atoms with Crippen molar-refractivity contribution < 1.29 is 0 Å². The summed E-state index contributed by atoms with van der Waals surface area (Å²) in [5.41, 5.74) is 2.18. The Morgan fingerprint density at radius 1 is 1.41 bits per heavy atom. The van der Waals surface area contributed by atoms with Crippen LogP contribution in [0.15, 0.2) is 24.4 Å². The molecular weight excluding hydrogens is 252 g/mol. The molecule has 0 fully saturated rings. The highest BCUT2D eigenvalue weighted by molar-refractivity contribution is 7.11. The zero-order valence-electron chi connectivity index (χ0n) is 9.96.